The summed E-state index contributed by atoms with van der Waals surface area (Å²) in [5, 5.41) is 11.4. The lowest BCUT2D eigenvalue weighted by Crippen LogP contribution is -2.50. The minimum absolute atomic E-state index is 0.149. The van der Waals surface area contributed by atoms with Gasteiger partial charge in [-0.2, -0.15) is 0 Å². The molecule has 2 heterocycles. The zero-order valence-corrected chi connectivity index (χ0v) is 16.7. The molecule has 9 nitrogen and oxygen atoms in total. The number of carbonyl (C=O) groups is 1. The Bertz CT molecular complexity index is 782. The van der Waals surface area contributed by atoms with Crippen molar-refractivity contribution in [3.8, 4) is 11.5 Å². The Morgan fingerprint density at radius 1 is 1.00 bits per heavy atom. The van der Waals surface area contributed by atoms with E-state index in [1.165, 1.54) is 0 Å². The Kier molecular flexibility index (Phi) is 6.03. The average molecular weight is 386 g/mol. The van der Waals surface area contributed by atoms with E-state index in [0.29, 0.717) is 43.4 Å². The van der Waals surface area contributed by atoms with Crippen LogP contribution in [0.4, 0.5) is 22.1 Å². The third kappa shape index (κ3) is 4.54. The van der Waals surface area contributed by atoms with Gasteiger partial charge in [-0.25, -0.2) is 4.79 Å². The topological polar surface area (TPSA) is 83.1 Å². The van der Waals surface area contributed by atoms with E-state index in [1.807, 2.05) is 31.1 Å². The highest BCUT2D eigenvalue weighted by Crippen LogP contribution is 2.26. The number of urea groups is 1. The Labute approximate surface area is 164 Å². The number of carbonyl (C=O) groups excluding carboxylic acids is 1. The fraction of sp³-hybridized carbons (Fsp3) is 0.421. The van der Waals surface area contributed by atoms with Crippen LogP contribution in [0.3, 0.4) is 0 Å². The second kappa shape index (κ2) is 8.64. The number of methoxy groups -OCH3 is 2. The number of hydrogen-bond acceptors (Lipinski definition) is 7. The Balaban J connectivity index is 1.58. The average Bonchev–Trinajstić information content (AvgIpc) is 2.73. The molecule has 2 aromatic rings. The lowest BCUT2D eigenvalue weighted by Gasteiger charge is -2.35. The minimum atomic E-state index is -0.149. The summed E-state index contributed by atoms with van der Waals surface area (Å²) in [5.74, 6) is 2.89. The second-order valence-corrected chi connectivity index (χ2v) is 6.65. The molecule has 0 atom stereocenters. The van der Waals surface area contributed by atoms with Gasteiger partial charge in [-0.15, -0.1) is 10.2 Å². The quantitative estimate of drug-likeness (QED) is 0.840. The third-order valence-corrected chi connectivity index (χ3v) is 4.59. The summed E-state index contributed by atoms with van der Waals surface area (Å²) >= 11 is 0. The van der Waals surface area contributed by atoms with Gasteiger partial charge in [0.2, 0.25) is 0 Å². The van der Waals surface area contributed by atoms with E-state index in [2.05, 4.69) is 20.4 Å². The molecule has 1 N–H and O–H groups in total. The number of hydrogen-bond donors (Lipinski definition) is 1. The van der Waals surface area contributed by atoms with E-state index < -0.39 is 0 Å². The van der Waals surface area contributed by atoms with Gasteiger partial charge in [-0.3, -0.25) is 0 Å². The van der Waals surface area contributed by atoms with Gasteiger partial charge in [-0.1, -0.05) is 0 Å². The number of rotatable bonds is 5. The molecule has 9 heteroatoms. The van der Waals surface area contributed by atoms with Crippen LogP contribution in [0, 0.1) is 0 Å². The Morgan fingerprint density at radius 2 is 1.64 bits per heavy atom. The molecule has 0 unspecified atom stereocenters. The van der Waals surface area contributed by atoms with Crippen LogP contribution in [0.2, 0.25) is 0 Å². The van der Waals surface area contributed by atoms with Crippen molar-refractivity contribution in [3.63, 3.8) is 0 Å². The highest BCUT2D eigenvalue weighted by Gasteiger charge is 2.22. The van der Waals surface area contributed by atoms with Gasteiger partial charge < -0.3 is 29.5 Å². The molecular weight excluding hydrogens is 360 g/mol. The predicted octanol–water partition coefficient (Wildman–Crippen LogP) is 1.91. The van der Waals surface area contributed by atoms with Crippen molar-refractivity contribution in [2.24, 2.45) is 0 Å². The number of amides is 2. The van der Waals surface area contributed by atoms with Crippen molar-refractivity contribution in [1.29, 1.82) is 0 Å². The van der Waals surface area contributed by atoms with Crippen LogP contribution in [-0.2, 0) is 0 Å². The molecule has 0 aliphatic carbocycles. The highest BCUT2D eigenvalue weighted by atomic mass is 16.5. The van der Waals surface area contributed by atoms with E-state index in [4.69, 9.17) is 9.47 Å². The molecule has 1 aromatic heterocycles. The van der Waals surface area contributed by atoms with Crippen LogP contribution in [0.15, 0.2) is 30.3 Å². The molecule has 1 aromatic carbocycles. The lowest BCUT2D eigenvalue weighted by atomic mass is 10.2. The summed E-state index contributed by atoms with van der Waals surface area (Å²) < 4.78 is 10.5. The number of aromatic nitrogens is 2. The van der Waals surface area contributed by atoms with Gasteiger partial charge in [0.15, 0.2) is 11.6 Å². The molecule has 0 radical (unpaired) electrons. The van der Waals surface area contributed by atoms with E-state index in [0.717, 1.165) is 11.6 Å². The maximum Gasteiger partial charge on any atom is 0.321 e. The number of ether oxygens (including phenoxy) is 2. The maximum atomic E-state index is 12.6. The monoisotopic (exact) mass is 386 g/mol. The standard InChI is InChI=1S/C19H26N6O3/c1-23(2)17-5-6-18(22-21-17)24-7-9-25(10-8-24)19(26)20-14-11-15(27-3)13-16(12-14)28-4/h5-6,11-13H,7-10H2,1-4H3,(H,20,26). The van der Waals surface area contributed by atoms with Crippen molar-refractivity contribution in [2.75, 3.05) is 69.6 Å². The summed E-state index contributed by atoms with van der Waals surface area (Å²) in [6.07, 6.45) is 0. The first-order valence-corrected chi connectivity index (χ1v) is 9.05. The molecule has 0 saturated carbocycles. The van der Waals surface area contributed by atoms with Crippen molar-refractivity contribution in [2.45, 2.75) is 0 Å². The van der Waals surface area contributed by atoms with Crippen LogP contribution < -0.4 is 24.6 Å². The fourth-order valence-electron chi connectivity index (χ4n) is 2.95. The highest BCUT2D eigenvalue weighted by molar-refractivity contribution is 5.90. The van der Waals surface area contributed by atoms with E-state index in [1.54, 1.807) is 37.3 Å². The molecule has 3 rings (SSSR count). The third-order valence-electron chi connectivity index (χ3n) is 4.59. The van der Waals surface area contributed by atoms with Gasteiger partial charge in [-0.05, 0) is 12.1 Å². The molecule has 0 bridgehead atoms. The first-order chi connectivity index (χ1) is 13.5. The zero-order chi connectivity index (χ0) is 20.1. The molecule has 1 aliphatic heterocycles. The largest absolute Gasteiger partial charge is 0.497 e. The number of nitrogens with one attached hydrogen (secondary N) is 1. The molecule has 1 saturated heterocycles. The predicted molar refractivity (Wildman–Crippen MR) is 109 cm³/mol. The van der Waals surface area contributed by atoms with E-state index in [9.17, 15) is 4.79 Å². The smallest absolute Gasteiger partial charge is 0.321 e. The van der Waals surface area contributed by atoms with Crippen LogP contribution in [-0.4, -0.2) is 75.6 Å². The van der Waals surface area contributed by atoms with Crippen LogP contribution in [0.1, 0.15) is 0 Å². The Morgan fingerprint density at radius 3 is 2.14 bits per heavy atom. The molecule has 1 fully saturated rings. The number of anilines is 3. The van der Waals surface area contributed by atoms with Crippen LogP contribution in [0.25, 0.3) is 0 Å². The normalized spacial score (nSPS) is 13.9. The number of piperazine rings is 1. The summed E-state index contributed by atoms with van der Waals surface area (Å²) in [6.45, 7) is 2.60. The van der Waals surface area contributed by atoms with Crippen molar-refractivity contribution < 1.29 is 14.3 Å². The van der Waals surface area contributed by atoms with Crippen molar-refractivity contribution in [3.05, 3.63) is 30.3 Å². The maximum absolute atomic E-state index is 12.6. The van der Waals surface area contributed by atoms with Gasteiger partial charge in [0, 0.05) is 64.2 Å². The molecule has 2 amide bonds. The number of nitrogens with zero attached hydrogens (tertiary/aromatic N) is 5. The van der Waals surface area contributed by atoms with E-state index in [-0.39, 0.29) is 6.03 Å². The minimum Gasteiger partial charge on any atom is -0.497 e. The molecule has 150 valence electrons. The van der Waals surface area contributed by atoms with Gasteiger partial charge in [0.05, 0.1) is 14.2 Å². The van der Waals surface area contributed by atoms with Gasteiger partial charge in [0.1, 0.15) is 11.5 Å². The zero-order valence-electron chi connectivity index (χ0n) is 16.7. The summed E-state index contributed by atoms with van der Waals surface area (Å²) in [7, 11) is 7.01. The lowest BCUT2D eigenvalue weighted by molar-refractivity contribution is 0.208. The van der Waals surface area contributed by atoms with E-state index >= 15 is 0 Å². The summed E-state index contributed by atoms with van der Waals surface area (Å²) in [5.41, 5.74) is 0.633. The first kappa shape index (κ1) is 19.5. The SMILES string of the molecule is COc1cc(NC(=O)N2CCN(c3ccc(N(C)C)nn3)CC2)cc(OC)c1. The molecule has 28 heavy (non-hydrogen) atoms. The second-order valence-electron chi connectivity index (χ2n) is 6.65. The molecule has 0 spiro atoms. The molecular formula is C19H26N6O3. The first-order valence-electron chi connectivity index (χ1n) is 9.05. The van der Waals surface area contributed by atoms with Crippen molar-refractivity contribution in [1.82, 2.24) is 15.1 Å². The number of benzene rings is 1. The summed E-state index contributed by atoms with van der Waals surface area (Å²) in [4.78, 5) is 18.4. The van der Waals surface area contributed by atoms with Gasteiger partial charge in [0.25, 0.3) is 0 Å². The van der Waals surface area contributed by atoms with Gasteiger partial charge >= 0.3 is 6.03 Å². The van der Waals surface area contributed by atoms with Crippen molar-refractivity contribution >= 4 is 23.4 Å². The fourth-order valence-corrected chi connectivity index (χ4v) is 2.95. The van der Waals surface area contributed by atoms with Crippen LogP contribution in [0.5, 0.6) is 11.5 Å². The van der Waals surface area contributed by atoms with Crippen LogP contribution >= 0.6 is 0 Å². The summed E-state index contributed by atoms with van der Waals surface area (Å²) in [6, 6.07) is 9.04. The Hall–Kier alpha value is -3.23. The molecule has 1 aliphatic rings.